The lowest BCUT2D eigenvalue weighted by molar-refractivity contribution is 0.192. The van der Waals surface area contributed by atoms with Crippen molar-refractivity contribution in [3.05, 3.63) is 28.7 Å². The number of benzene rings is 1. The third-order valence-electron chi connectivity index (χ3n) is 4.26. The SMILES string of the molecule is CN=C(NCCCCCOC)NC1CCN(c2ccc(Br)cc2)C1. The Bertz CT molecular complexity index is 506. The Kier molecular flexibility index (Phi) is 8.39. The second-order valence-electron chi connectivity index (χ2n) is 6.10. The average Bonchev–Trinajstić information content (AvgIpc) is 3.06. The van der Waals surface area contributed by atoms with E-state index < -0.39 is 0 Å². The maximum absolute atomic E-state index is 5.07. The van der Waals surface area contributed by atoms with Gasteiger partial charge in [-0.1, -0.05) is 15.9 Å². The first-order chi connectivity index (χ1) is 11.7. The summed E-state index contributed by atoms with van der Waals surface area (Å²) in [6, 6.07) is 8.97. The molecule has 1 saturated heterocycles. The van der Waals surface area contributed by atoms with Crippen LogP contribution < -0.4 is 15.5 Å². The number of rotatable bonds is 8. The van der Waals surface area contributed by atoms with Gasteiger partial charge in [-0.25, -0.2) is 0 Å². The molecule has 1 aromatic rings. The highest BCUT2D eigenvalue weighted by atomic mass is 79.9. The van der Waals surface area contributed by atoms with Crippen molar-refractivity contribution in [2.24, 2.45) is 4.99 Å². The second kappa shape index (κ2) is 10.6. The number of nitrogens with zero attached hydrogens (tertiary/aromatic N) is 2. The molecule has 1 unspecified atom stereocenters. The molecule has 24 heavy (non-hydrogen) atoms. The molecule has 0 bridgehead atoms. The Labute approximate surface area is 154 Å². The largest absolute Gasteiger partial charge is 0.385 e. The topological polar surface area (TPSA) is 48.9 Å². The maximum atomic E-state index is 5.07. The molecule has 0 aromatic heterocycles. The van der Waals surface area contributed by atoms with Crippen LogP contribution in [0.15, 0.2) is 33.7 Å². The van der Waals surface area contributed by atoms with Gasteiger partial charge in [0.1, 0.15) is 0 Å². The van der Waals surface area contributed by atoms with Crippen LogP contribution in [-0.2, 0) is 4.74 Å². The third-order valence-corrected chi connectivity index (χ3v) is 4.79. The Morgan fingerprint density at radius 2 is 2.08 bits per heavy atom. The summed E-state index contributed by atoms with van der Waals surface area (Å²) in [6.07, 6.45) is 4.57. The summed E-state index contributed by atoms with van der Waals surface area (Å²) in [4.78, 5) is 6.76. The smallest absolute Gasteiger partial charge is 0.191 e. The van der Waals surface area contributed by atoms with E-state index in [2.05, 4.69) is 60.7 Å². The lowest BCUT2D eigenvalue weighted by Gasteiger charge is -2.20. The first kappa shape index (κ1) is 19.1. The molecule has 1 heterocycles. The second-order valence-corrected chi connectivity index (χ2v) is 7.02. The predicted molar refractivity (Wildman–Crippen MR) is 105 cm³/mol. The minimum Gasteiger partial charge on any atom is -0.385 e. The van der Waals surface area contributed by atoms with Crippen LogP contribution in [0, 0.1) is 0 Å². The molecule has 5 nitrogen and oxygen atoms in total. The number of unbranched alkanes of at least 4 members (excludes halogenated alkanes) is 2. The molecule has 134 valence electrons. The number of aliphatic imine (C=N–C) groups is 1. The summed E-state index contributed by atoms with van der Waals surface area (Å²) in [5.74, 6) is 0.907. The quantitative estimate of drug-likeness (QED) is 0.402. The number of methoxy groups -OCH3 is 1. The summed E-state index contributed by atoms with van der Waals surface area (Å²) in [5.41, 5.74) is 1.28. The molecule has 0 saturated carbocycles. The maximum Gasteiger partial charge on any atom is 0.191 e. The van der Waals surface area contributed by atoms with E-state index in [9.17, 15) is 0 Å². The van der Waals surface area contributed by atoms with Gasteiger partial charge in [0, 0.05) is 56.6 Å². The zero-order valence-electron chi connectivity index (χ0n) is 14.7. The molecule has 1 aliphatic rings. The van der Waals surface area contributed by atoms with E-state index in [1.165, 1.54) is 12.1 Å². The number of nitrogens with one attached hydrogen (secondary N) is 2. The Morgan fingerprint density at radius 1 is 1.29 bits per heavy atom. The van der Waals surface area contributed by atoms with Gasteiger partial charge in [0.15, 0.2) is 5.96 Å². The summed E-state index contributed by atoms with van der Waals surface area (Å²) >= 11 is 3.49. The summed E-state index contributed by atoms with van der Waals surface area (Å²) in [6.45, 7) is 3.89. The summed E-state index contributed by atoms with van der Waals surface area (Å²) < 4.78 is 6.19. The van der Waals surface area contributed by atoms with Crippen molar-refractivity contribution in [1.29, 1.82) is 0 Å². The molecule has 2 rings (SSSR count). The van der Waals surface area contributed by atoms with Crippen LogP contribution in [0.25, 0.3) is 0 Å². The van der Waals surface area contributed by atoms with Crippen LogP contribution in [0.4, 0.5) is 5.69 Å². The fourth-order valence-corrected chi connectivity index (χ4v) is 3.17. The van der Waals surface area contributed by atoms with E-state index in [0.29, 0.717) is 6.04 Å². The zero-order valence-corrected chi connectivity index (χ0v) is 16.3. The Balaban J connectivity index is 1.69. The van der Waals surface area contributed by atoms with Gasteiger partial charge in [-0.3, -0.25) is 4.99 Å². The number of hydrogen-bond acceptors (Lipinski definition) is 3. The van der Waals surface area contributed by atoms with E-state index in [1.807, 2.05) is 7.05 Å². The molecule has 0 aliphatic carbocycles. The molecular formula is C18H29BrN4O. The van der Waals surface area contributed by atoms with Gasteiger partial charge in [-0.2, -0.15) is 0 Å². The van der Waals surface area contributed by atoms with E-state index in [0.717, 1.165) is 55.9 Å². The molecule has 0 spiro atoms. The van der Waals surface area contributed by atoms with Crippen LogP contribution in [0.5, 0.6) is 0 Å². The summed E-state index contributed by atoms with van der Waals surface area (Å²) in [5, 5.41) is 6.95. The molecule has 0 radical (unpaired) electrons. The van der Waals surface area contributed by atoms with Gasteiger partial charge in [0.2, 0.25) is 0 Å². The Hall–Kier alpha value is -1.27. The number of hydrogen-bond donors (Lipinski definition) is 2. The molecular weight excluding hydrogens is 368 g/mol. The van der Waals surface area contributed by atoms with Gasteiger partial charge in [0.05, 0.1) is 0 Å². The lowest BCUT2D eigenvalue weighted by Crippen LogP contribution is -2.44. The van der Waals surface area contributed by atoms with Gasteiger partial charge in [-0.05, 0) is 49.9 Å². The number of anilines is 1. The van der Waals surface area contributed by atoms with Crippen LogP contribution in [0.2, 0.25) is 0 Å². The van der Waals surface area contributed by atoms with Gasteiger partial charge in [-0.15, -0.1) is 0 Å². The van der Waals surface area contributed by atoms with Crippen LogP contribution in [-0.4, -0.2) is 52.4 Å². The van der Waals surface area contributed by atoms with Crippen molar-refractivity contribution in [2.45, 2.75) is 31.7 Å². The van der Waals surface area contributed by atoms with Crippen molar-refractivity contribution in [3.8, 4) is 0 Å². The van der Waals surface area contributed by atoms with Gasteiger partial charge < -0.3 is 20.3 Å². The first-order valence-electron chi connectivity index (χ1n) is 8.69. The van der Waals surface area contributed by atoms with E-state index in [4.69, 9.17) is 4.74 Å². The summed E-state index contributed by atoms with van der Waals surface area (Å²) in [7, 11) is 3.59. The highest BCUT2D eigenvalue weighted by Crippen LogP contribution is 2.22. The average molecular weight is 397 g/mol. The fraction of sp³-hybridized carbons (Fsp3) is 0.611. The van der Waals surface area contributed by atoms with E-state index >= 15 is 0 Å². The molecule has 2 N–H and O–H groups in total. The number of guanidine groups is 1. The normalized spacial score (nSPS) is 18.0. The molecule has 6 heteroatoms. The first-order valence-corrected chi connectivity index (χ1v) is 9.49. The van der Waals surface area contributed by atoms with Crippen LogP contribution >= 0.6 is 15.9 Å². The van der Waals surface area contributed by atoms with Crippen molar-refractivity contribution in [1.82, 2.24) is 10.6 Å². The van der Waals surface area contributed by atoms with Crippen molar-refractivity contribution in [2.75, 3.05) is 45.3 Å². The minimum absolute atomic E-state index is 0.438. The van der Waals surface area contributed by atoms with Crippen molar-refractivity contribution < 1.29 is 4.74 Å². The highest BCUT2D eigenvalue weighted by molar-refractivity contribution is 9.10. The number of halogens is 1. The molecule has 1 aliphatic heterocycles. The van der Waals surface area contributed by atoms with Crippen LogP contribution in [0.1, 0.15) is 25.7 Å². The monoisotopic (exact) mass is 396 g/mol. The van der Waals surface area contributed by atoms with Crippen LogP contribution in [0.3, 0.4) is 0 Å². The molecule has 0 amide bonds. The lowest BCUT2D eigenvalue weighted by atomic mass is 10.2. The third kappa shape index (κ3) is 6.32. The zero-order chi connectivity index (χ0) is 17.2. The highest BCUT2D eigenvalue weighted by Gasteiger charge is 2.23. The standard InChI is InChI=1S/C18H29BrN4O/c1-20-18(21-11-4-3-5-13-24-2)22-16-10-12-23(14-16)17-8-6-15(19)7-9-17/h6-9,16H,3-5,10-14H2,1-2H3,(H2,20,21,22). The van der Waals surface area contributed by atoms with E-state index in [-0.39, 0.29) is 0 Å². The molecule has 1 aromatic carbocycles. The van der Waals surface area contributed by atoms with E-state index in [1.54, 1.807) is 7.11 Å². The van der Waals surface area contributed by atoms with Crippen molar-refractivity contribution in [3.63, 3.8) is 0 Å². The van der Waals surface area contributed by atoms with Gasteiger partial charge >= 0.3 is 0 Å². The van der Waals surface area contributed by atoms with Crippen molar-refractivity contribution >= 4 is 27.6 Å². The van der Waals surface area contributed by atoms with Gasteiger partial charge in [0.25, 0.3) is 0 Å². The Morgan fingerprint density at radius 3 is 2.79 bits per heavy atom. The number of ether oxygens (including phenoxy) is 1. The molecule has 1 fully saturated rings. The molecule has 1 atom stereocenters. The fourth-order valence-electron chi connectivity index (χ4n) is 2.91. The minimum atomic E-state index is 0.438. The predicted octanol–water partition coefficient (Wildman–Crippen LogP) is 3.01.